The normalized spacial score (nSPS) is 18.0. The smallest absolute Gasteiger partial charge is 0.255 e. The van der Waals surface area contributed by atoms with Gasteiger partial charge in [-0.05, 0) is 52.7 Å². The summed E-state index contributed by atoms with van der Waals surface area (Å²) in [7, 11) is 1.59. The molecule has 0 spiro atoms. The van der Waals surface area contributed by atoms with Crippen molar-refractivity contribution in [1.82, 2.24) is 25.1 Å². The number of aromatic nitrogens is 4. The molecule has 32 heavy (non-hydrogen) atoms. The molecule has 8 nitrogen and oxygen atoms in total. The lowest BCUT2D eigenvalue weighted by Gasteiger charge is -2.35. The van der Waals surface area contributed by atoms with Gasteiger partial charge in [-0.2, -0.15) is 9.78 Å². The van der Waals surface area contributed by atoms with E-state index in [0.717, 1.165) is 24.1 Å². The number of methoxy groups -OCH3 is 1. The summed E-state index contributed by atoms with van der Waals surface area (Å²) in [5, 5.41) is 7.57. The molecule has 1 N–H and O–H groups in total. The highest BCUT2D eigenvalue weighted by Crippen LogP contribution is 2.29. The molecule has 170 valence electrons. The van der Waals surface area contributed by atoms with Crippen molar-refractivity contribution in [3.63, 3.8) is 0 Å². The van der Waals surface area contributed by atoms with Crippen LogP contribution < -0.4 is 5.32 Å². The van der Waals surface area contributed by atoms with Crippen molar-refractivity contribution >= 4 is 17.2 Å². The van der Waals surface area contributed by atoms with E-state index in [0.29, 0.717) is 23.8 Å². The Bertz CT molecular complexity index is 1120. The van der Waals surface area contributed by atoms with E-state index in [1.54, 1.807) is 35.5 Å². The summed E-state index contributed by atoms with van der Waals surface area (Å²) in [6.45, 7) is 9.09. The molecule has 3 aromatic heterocycles. The molecule has 3 aromatic rings. The van der Waals surface area contributed by atoms with Crippen molar-refractivity contribution in [2.24, 2.45) is 0 Å². The molecule has 9 heteroatoms. The summed E-state index contributed by atoms with van der Waals surface area (Å²) >= 11 is 1.74. The van der Waals surface area contributed by atoms with E-state index in [9.17, 15) is 4.79 Å². The fourth-order valence-corrected chi connectivity index (χ4v) is 5.05. The standard InChI is InChI=1S/C23H29N5O3S/c1-14-10-17(15(2)32-14)19-6-8-24-22(27-19)28-20(13-30-5)18(12-25-28)21(29)26-16-7-9-31-23(3,4)11-16/h6,8,10,12,16H,7,9,11,13H2,1-5H3,(H,26,29). The second-order valence-corrected chi connectivity index (χ2v) is 10.2. The SMILES string of the molecule is COCc1c(C(=O)NC2CCOC(C)(C)C2)cnn1-c1nccc(-c2cc(C)sc2C)n1. The Labute approximate surface area is 192 Å². The van der Waals surface area contributed by atoms with Crippen molar-refractivity contribution in [3.05, 3.63) is 45.5 Å². The Morgan fingerprint density at radius 2 is 2.22 bits per heavy atom. The highest BCUT2D eigenvalue weighted by atomic mass is 32.1. The zero-order valence-corrected chi connectivity index (χ0v) is 20.0. The average Bonchev–Trinajstić information content (AvgIpc) is 3.30. The minimum absolute atomic E-state index is 0.0504. The molecule has 0 aromatic carbocycles. The molecule has 1 fully saturated rings. The van der Waals surface area contributed by atoms with Crippen LogP contribution in [0.1, 0.15) is 52.5 Å². The van der Waals surface area contributed by atoms with Crippen LogP contribution >= 0.6 is 11.3 Å². The highest BCUT2D eigenvalue weighted by Gasteiger charge is 2.31. The Morgan fingerprint density at radius 3 is 2.91 bits per heavy atom. The van der Waals surface area contributed by atoms with E-state index in [1.807, 2.05) is 19.9 Å². The molecule has 0 bridgehead atoms. The Morgan fingerprint density at radius 1 is 1.41 bits per heavy atom. The first-order chi connectivity index (χ1) is 15.3. The lowest BCUT2D eigenvalue weighted by atomic mass is 9.94. The van der Waals surface area contributed by atoms with Crippen molar-refractivity contribution in [2.45, 2.75) is 58.8 Å². The number of carbonyl (C=O) groups excluding carboxylic acids is 1. The van der Waals surface area contributed by atoms with Crippen LogP contribution in [-0.4, -0.2) is 51.0 Å². The van der Waals surface area contributed by atoms with Crippen molar-refractivity contribution in [1.29, 1.82) is 0 Å². The topological polar surface area (TPSA) is 91.2 Å². The number of aryl methyl sites for hydroxylation is 2. The molecule has 1 aliphatic heterocycles. The van der Waals surface area contributed by atoms with Gasteiger partial charge in [-0.25, -0.2) is 9.97 Å². The molecule has 1 saturated heterocycles. The van der Waals surface area contributed by atoms with E-state index in [4.69, 9.17) is 14.5 Å². The van der Waals surface area contributed by atoms with Crippen molar-refractivity contribution < 1.29 is 14.3 Å². The van der Waals surface area contributed by atoms with E-state index < -0.39 is 0 Å². The predicted molar refractivity (Wildman–Crippen MR) is 123 cm³/mol. The Hall–Kier alpha value is -2.62. The van der Waals surface area contributed by atoms with Gasteiger partial charge in [0.2, 0.25) is 0 Å². The molecule has 0 radical (unpaired) electrons. The van der Waals surface area contributed by atoms with Gasteiger partial charge >= 0.3 is 0 Å². The molecule has 1 unspecified atom stereocenters. The van der Waals surface area contributed by atoms with Gasteiger partial charge in [0.15, 0.2) is 0 Å². The minimum atomic E-state index is -0.248. The summed E-state index contributed by atoms with van der Waals surface area (Å²) in [5.41, 5.74) is 2.74. The van der Waals surface area contributed by atoms with E-state index >= 15 is 0 Å². The monoisotopic (exact) mass is 455 g/mol. The van der Waals surface area contributed by atoms with Gasteiger partial charge in [-0.1, -0.05) is 0 Å². The second-order valence-electron chi connectivity index (χ2n) is 8.69. The maximum Gasteiger partial charge on any atom is 0.255 e. The third-order valence-electron chi connectivity index (χ3n) is 5.58. The van der Waals surface area contributed by atoms with Crippen LogP contribution in [0.3, 0.4) is 0 Å². The number of ether oxygens (including phenoxy) is 2. The minimum Gasteiger partial charge on any atom is -0.378 e. The number of thiophene rings is 1. The number of nitrogens with zero attached hydrogens (tertiary/aromatic N) is 4. The molecule has 4 rings (SSSR count). The van der Waals surface area contributed by atoms with Crippen LogP contribution in [0.2, 0.25) is 0 Å². The van der Waals surface area contributed by atoms with Gasteiger partial charge in [0.25, 0.3) is 11.9 Å². The van der Waals surface area contributed by atoms with Crippen LogP contribution in [0.15, 0.2) is 24.5 Å². The van der Waals surface area contributed by atoms with E-state index in [1.165, 1.54) is 9.75 Å². The van der Waals surface area contributed by atoms with Crippen LogP contribution in [0, 0.1) is 13.8 Å². The van der Waals surface area contributed by atoms with Gasteiger partial charge in [0, 0.05) is 41.3 Å². The Balaban J connectivity index is 1.63. The van der Waals surface area contributed by atoms with Crippen LogP contribution in [0.25, 0.3) is 17.2 Å². The fraction of sp³-hybridized carbons (Fsp3) is 0.478. The summed E-state index contributed by atoms with van der Waals surface area (Å²) in [6.07, 6.45) is 4.82. The molecule has 1 amide bonds. The van der Waals surface area contributed by atoms with E-state index in [2.05, 4.69) is 35.3 Å². The number of rotatable bonds is 6. The van der Waals surface area contributed by atoms with Crippen molar-refractivity contribution in [2.75, 3.05) is 13.7 Å². The van der Waals surface area contributed by atoms with Gasteiger partial charge < -0.3 is 14.8 Å². The maximum atomic E-state index is 13.1. The second kappa shape index (κ2) is 9.09. The zero-order valence-electron chi connectivity index (χ0n) is 19.1. The number of hydrogen-bond acceptors (Lipinski definition) is 7. The summed E-state index contributed by atoms with van der Waals surface area (Å²) < 4.78 is 12.7. The van der Waals surface area contributed by atoms with E-state index in [-0.39, 0.29) is 24.2 Å². The number of nitrogens with one attached hydrogen (secondary N) is 1. The maximum absolute atomic E-state index is 13.1. The highest BCUT2D eigenvalue weighted by molar-refractivity contribution is 7.12. The molecule has 0 saturated carbocycles. The first-order valence-electron chi connectivity index (χ1n) is 10.7. The van der Waals surface area contributed by atoms with Crippen LogP contribution in [0.4, 0.5) is 0 Å². The number of amides is 1. The van der Waals surface area contributed by atoms with Crippen LogP contribution in [-0.2, 0) is 16.1 Å². The molecule has 1 atom stereocenters. The first kappa shape index (κ1) is 22.6. The van der Waals surface area contributed by atoms with Gasteiger partial charge in [-0.3, -0.25) is 4.79 Å². The summed E-state index contributed by atoms with van der Waals surface area (Å²) in [6, 6.07) is 4.06. The van der Waals surface area contributed by atoms with Crippen LogP contribution in [0.5, 0.6) is 0 Å². The third kappa shape index (κ3) is 4.74. The average molecular weight is 456 g/mol. The predicted octanol–water partition coefficient (Wildman–Crippen LogP) is 3.84. The number of hydrogen-bond donors (Lipinski definition) is 1. The largest absolute Gasteiger partial charge is 0.378 e. The first-order valence-corrected chi connectivity index (χ1v) is 11.5. The quantitative estimate of drug-likeness (QED) is 0.607. The molecular formula is C23H29N5O3S. The lowest BCUT2D eigenvalue weighted by molar-refractivity contribution is -0.0615. The van der Waals surface area contributed by atoms with Crippen molar-refractivity contribution in [3.8, 4) is 17.2 Å². The zero-order chi connectivity index (χ0) is 22.9. The molecule has 0 aliphatic carbocycles. The van der Waals surface area contributed by atoms with Gasteiger partial charge in [-0.15, -0.1) is 11.3 Å². The summed E-state index contributed by atoms with van der Waals surface area (Å²) in [4.78, 5) is 24.7. The Kier molecular flexibility index (Phi) is 6.41. The third-order valence-corrected chi connectivity index (χ3v) is 6.54. The molecular weight excluding hydrogens is 426 g/mol. The molecule has 1 aliphatic rings. The fourth-order valence-electron chi connectivity index (χ4n) is 4.12. The van der Waals surface area contributed by atoms with Gasteiger partial charge in [0.05, 0.1) is 35.4 Å². The summed E-state index contributed by atoms with van der Waals surface area (Å²) in [5.74, 6) is 0.232. The lowest BCUT2D eigenvalue weighted by Crippen LogP contribution is -2.45. The number of carbonyl (C=O) groups is 1. The molecule has 4 heterocycles. The van der Waals surface area contributed by atoms with Gasteiger partial charge in [0.1, 0.15) is 0 Å².